The Bertz CT molecular complexity index is 720. The third kappa shape index (κ3) is 3.15. The standard InChI is InChI=1S/C18H24N4O3/c1-24-18-16(3-2-5-20-18)17-19-6-7-22(17)13-9-14-12-25-15(4-8-23)11-21(14)10-13/h2-3,5-7,13-15,23H,4,8-12H2,1H3/t13-,14-,15-/m0/s1. The Morgan fingerprint density at radius 2 is 2.20 bits per heavy atom. The fraction of sp³-hybridized carbons (Fsp3) is 0.556. The maximum atomic E-state index is 9.14. The predicted octanol–water partition coefficient (Wildman–Crippen LogP) is 1.35. The van der Waals surface area contributed by atoms with Gasteiger partial charge in [0, 0.05) is 50.4 Å². The summed E-state index contributed by atoms with van der Waals surface area (Å²) in [6, 6.07) is 4.69. The first-order valence-corrected chi connectivity index (χ1v) is 8.79. The van der Waals surface area contributed by atoms with Crippen LogP contribution in [-0.2, 0) is 4.74 Å². The maximum Gasteiger partial charge on any atom is 0.224 e. The van der Waals surface area contributed by atoms with Crippen molar-refractivity contribution in [2.75, 3.05) is 33.4 Å². The first-order chi connectivity index (χ1) is 12.3. The van der Waals surface area contributed by atoms with Gasteiger partial charge >= 0.3 is 0 Å². The molecule has 0 aliphatic carbocycles. The number of morpholine rings is 1. The monoisotopic (exact) mass is 344 g/mol. The van der Waals surface area contributed by atoms with Crippen molar-refractivity contribution in [1.29, 1.82) is 0 Å². The Kier molecular flexibility index (Phi) is 4.70. The molecule has 7 heteroatoms. The molecule has 4 heterocycles. The van der Waals surface area contributed by atoms with Gasteiger partial charge in [0.1, 0.15) is 5.82 Å². The maximum absolute atomic E-state index is 9.14. The quantitative estimate of drug-likeness (QED) is 0.883. The second-order valence-electron chi connectivity index (χ2n) is 6.68. The van der Waals surface area contributed by atoms with Crippen LogP contribution in [0.25, 0.3) is 11.4 Å². The van der Waals surface area contributed by atoms with Gasteiger partial charge in [0.15, 0.2) is 0 Å². The van der Waals surface area contributed by atoms with Crippen LogP contribution < -0.4 is 4.74 Å². The number of aliphatic hydroxyl groups is 1. The van der Waals surface area contributed by atoms with Gasteiger partial charge in [-0.1, -0.05) is 0 Å². The van der Waals surface area contributed by atoms with Crippen LogP contribution in [0.15, 0.2) is 30.7 Å². The van der Waals surface area contributed by atoms with Crippen molar-refractivity contribution < 1.29 is 14.6 Å². The van der Waals surface area contributed by atoms with Crippen LogP contribution in [0.4, 0.5) is 0 Å². The van der Waals surface area contributed by atoms with E-state index in [4.69, 9.17) is 14.6 Å². The lowest BCUT2D eigenvalue weighted by Crippen LogP contribution is -2.46. The van der Waals surface area contributed by atoms with E-state index in [2.05, 4.69) is 19.4 Å². The van der Waals surface area contributed by atoms with Crippen molar-refractivity contribution in [3.8, 4) is 17.3 Å². The van der Waals surface area contributed by atoms with Gasteiger partial charge in [-0.3, -0.25) is 4.90 Å². The number of rotatable bonds is 5. The number of fused-ring (bicyclic) bond motifs is 1. The zero-order valence-electron chi connectivity index (χ0n) is 14.4. The number of hydrogen-bond donors (Lipinski definition) is 1. The van der Waals surface area contributed by atoms with Gasteiger partial charge in [-0.2, -0.15) is 0 Å². The average Bonchev–Trinajstić information content (AvgIpc) is 3.28. The highest BCUT2D eigenvalue weighted by Crippen LogP contribution is 2.35. The van der Waals surface area contributed by atoms with Crippen molar-refractivity contribution in [3.05, 3.63) is 30.7 Å². The summed E-state index contributed by atoms with van der Waals surface area (Å²) in [5.74, 6) is 1.49. The predicted molar refractivity (Wildman–Crippen MR) is 92.5 cm³/mol. The molecular weight excluding hydrogens is 320 g/mol. The minimum atomic E-state index is 0.140. The lowest BCUT2D eigenvalue weighted by Gasteiger charge is -2.34. The zero-order valence-corrected chi connectivity index (χ0v) is 14.4. The number of aliphatic hydroxyl groups excluding tert-OH is 1. The summed E-state index contributed by atoms with van der Waals surface area (Å²) in [6.45, 7) is 2.78. The van der Waals surface area contributed by atoms with Crippen LogP contribution in [0.2, 0.25) is 0 Å². The van der Waals surface area contributed by atoms with Crippen LogP contribution >= 0.6 is 0 Å². The number of ether oxygens (including phenoxy) is 2. The summed E-state index contributed by atoms with van der Waals surface area (Å²) in [5, 5.41) is 9.14. The molecule has 7 nitrogen and oxygen atoms in total. The van der Waals surface area contributed by atoms with Gasteiger partial charge in [0.25, 0.3) is 0 Å². The van der Waals surface area contributed by atoms with E-state index < -0.39 is 0 Å². The molecule has 2 aromatic heterocycles. The molecule has 25 heavy (non-hydrogen) atoms. The van der Waals surface area contributed by atoms with Crippen molar-refractivity contribution in [1.82, 2.24) is 19.4 Å². The molecule has 2 aliphatic heterocycles. The molecule has 2 aliphatic rings. The summed E-state index contributed by atoms with van der Waals surface area (Å²) < 4.78 is 13.5. The highest BCUT2D eigenvalue weighted by molar-refractivity contribution is 5.62. The highest BCUT2D eigenvalue weighted by Gasteiger charge is 2.38. The summed E-state index contributed by atoms with van der Waals surface area (Å²) in [4.78, 5) is 11.3. The molecule has 0 unspecified atom stereocenters. The second kappa shape index (κ2) is 7.11. The molecule has 1 N–H and O–H groups in total. The first-order valence-electron chi connectivity index (χ1n) is 8.79. The average molecular weight is 344 g/mol. The molecule has 0 saturated carbocycles. The Morgan fingerprint density at radius 3 is 3.04 bits per heavy atom. The summed E-state index contributed by atoms with van der Waals surface area (Å²) in [7, 11) is 1.63. The Labute approximate surface area is 147 Å². The fourth-order valence-corrected chi connectivity index (χ4v) is 3.98. The lowest BCUT2D eigenvalue weighted by atomic mass is 10.1. The van der Waals surface area contributed by atoms with E-state index in [1.165, 1.54) is 0 Å². The molecule has 4 rings (SSSR count). The second-order valence-corrected chi connectivity index (χ2v) is 6.68. The third-order valence-corrected chi connectivity index (χ3v) is 5.19. The van der Waals surface area contributed by atoms with Crippen LogP contribution in [0, 0.1) is 0 Å². The van der Waals surface area contributed by atoms with Crippen LogP contribution in [0.3, 0.4) is 0 Å². The summed E-state index contributed by atoms with van der Waals surface area (Å²) in [6.07, 6.45) is 7.49. The smallest absolute Gasteiger partial charge is 0.224 e. The normalized spacial score (nSPS) is 26.6. The van der Waals surface area contributed by atoms with Gasteiger partial charge in [-0.15, -0.1) is 0 Å². The molecule has 0 amide bonds. The minimum Gasteiger partial charge on any atom is -0.480 e. The number of imidazole rings is 1. The van der Waals surface area contributed by atoms with Crippen molar-refractivity contribution in [3.63, 3.8) is 0 Å². The summed E-state index contributed by atoms with van der Waals surface area (Å²) >= 11 is 0. The van der Waals surface area contributed by atoms with Gasteiger partial charge in [-0.25, -0.2) is 9.97 Å². The van der Waals surface area contributed by atoms with E-state index in [0.29, 0.717) is 24.4 Å². The zero-order chi connectivity index (χ0) is 17.2. The molecule has 0 bridgehead atoms. The van der Waals surface area contributed by atoms with E-state index in [0.717, 1.165) is 37.5 Å². The molecule has 134 valence electrons. The molecule has 3 atom stereocenters. The highest BCUT2D eigenvalue weighted by atomic mass is 16.5. The molecule has 0 aromatic carbocycles. The van der Waals surface area contributed by atoms with E-state index in [-0.39, 0.29) is 12.7 Å². The van der Waals surface area contributed by atoms with Gasteiger partial charge in [0.05, 0.1) is 25.4 Å². The molecule has 2 aromatic rings. The lowest BCUT2D eigenvalue weighted by molar-refractivity contribution is -0.0567. The van der Waals surface area contributed by atoms with Crippen LogP contribution in [0.5, 0.6) is 5.88 Å². The number of hydrogen-bond acceptors (Lipinski definition) is 6. The number of aromatic nitrogens is 3. The minimum absolute atomic E-state index is 0.140. The Hall–Kier alpha value is -1.96. The summed E-state index contributed by atoms with van der Waals surface area (Å²) in [5.41, 5.74) is 0.911. The molecule has 2 saturated heterocycles. The van der Waals surface area contributed by atoms with Crippen molar-refractivity contribution in [2.45, 2.75) is 31.0 Å². The Morgan fingerprint density at radius 1 is 1.28 bits per heavy atom. The van der Waals surface area contributed by atoms with Crippen molar-refractivity contribution in [2.24, 2.45) is 0 Å². The Balaban J connectivity index is 1.56. The van der Waals surface area contributed by atoms with E-state index in [9.17, 15) is 0 Å². The number of pyridine rings is 1. The first kappa shape index (κ1) is 16.5. The topological polar surface area (TPSA) is 72.6 Å². The molecule has 0 spiro atoms. The van der Waals surface area contributed by atoms with Gasteiger partial charge in [0.2, 0.25) is 5.88 Å². The SMILES string of the molecule is COc1ncccc1-c1nccn1[C@H]1C[C@H]2CO[C@@H](CCO)CN2C1. The van der Waals surface area contributed by atoms with Crippen LogP contribution in [-0.4, -0.2) is 70.1 Å². The third-order valence-electron chi connectivity index (χ3n) is 5.19. The van der Waals surface area contributed by atoms with E-state index >= 15 is 0 Å². The van der Waals surface area contributed by atoms with E-state index in [1.54, 1.807) is 13.3 Å². The van der Waals surface area contributed by atoms with Gasteiger partial charge in [-0.05, 0) is 25.0 Å². The largest absolute Gasteiger partial charge is 0.480 e. The molecule has 2 fully saturated rings. The van der Waals surface area contributed by atoms with E-state index in [1.807, 2.05) is 24.5 Å². The molecule has 0 radical (unpaired) electrons. The van der Waals surface area contributed by atoms with Gasteiger partial charge < -0.3 is 19.1 Å². The van der Waals surface area contributed by atoms with Crippen LogP contribution in [0.1, 0.15) is 18.9 Å². The van der Waals surface area contributed by atoms with Crippen molar-refractivity contribution >= 4 is 0 Å². The fourth-order valence-electron chi connectivity index (χ4n) is 3.98. The molecular formula is C18H24N4O3. The number of nitrogens with zero attached hydrogens (tertiary/aromatic N) is 4. The number of methoxy groups -OCH3 is 1.